The van der Waals surface area contributed by atoms with E-state index < -0.39 is 0 Å². The van der Waals surface area contributed by atoms with E-state index in [9.17, 15) is 0 Å². The van der Waals surface area contributed by atoms with Crippen LogP contribution in [-0.4, -0.2) is 42.3 Å². The quantitative estimate of drug-likeness (QED) is 0.723. The van der Waals surface area contributed by atoms with E-state index >= 15 is 0 Å². The van der Waals surface area contributed by atoms with Gasteiger partial charge < -0.3 is 10.5 Å². The molecule has 3 heteroatoms. The number of nitrogens with zero attached hydrogens (tertiary/aromatic N) is 1. The van der Waals surface area contributed by atoms with Gasteiger partial charge in [0.15, 0.2) is 0 Å². The zero-order chi connectivity index (χ0) is 13.2. The molecule has 2 fully saturated rings. The Morgan fingerprint density at radius 3 is 2.44 bits per heavy atom. The highest BCUT2D eigenvalue weighted by Gasteiger charge is 2.51. The summed E-state index contributed by atoms with van der Waals surface area (Å²) in [7, 11) is 0. The number of ether oxygens (including phenoxy) is 1. The fourth-order valence-electron chi connectivity index (χ4n) is 3.25. The van der Waals surface area contributed by atoms with Crippen molar-refractivity contribution >= 4 is 0 Å². The predicted octanol–water partition coefficient (Wildman–Crippen LogP) is 2.39. The van der Waals surface area contributed by atoms with Crippen molar-refractivity contribution in [3.05, 3.63) is 0 Å². The highest BCUT2D eigenvalue weighted by molar-refractivity contribution is 5.08. The van der Waals surface area contributed by atoms with Crippen LogP contribution in [-0.2, 0) is 4.74 Å². The summed E-state index contributed by atoms with van der Waals surface area (Å²) in [5.74, 6) is 0.781. The summed E-state index contributed by atoms with van der Waals surface area (Å²) in [6.07, 6.45) is 6.78. The van der Waals surface area contributed by atoms with Gasteiger partial charge in [-0.25, -0.2) is 0 Å². The molecule has 0 saturated heterocycles. The second kappa shape index (κ2) is 5.89. The van der Waals surface area contributed by atoms with Crippen molar-refractivity contribution in [1.82, 2.24) is 4.90 Å². The number of hydrogen-bond donors (Lipinski definition) is 1. The van der Waals surface area contributed by atoms with Gasteiger partial charge in [0, 0.05) is 24.7 Å². The molecule has 0 bridgehead atoms. The monoisotopic (exact) mass is 254 g/mol. The molecule has 18 heavy (non-hydrogen) atoms. The molecular formula is C15H30N2O. The van der Waals surface area contributed by atoms with E-state index in [0.717, 1.165) is 38.0 Å². The summed E-state index contributed by atoms with van der Waals surface area (Å²) in [4.78, 5) is 2.72. The van der Waals surface area contributed by atoms with Crippen LogP contribution in [0.4, 0.5) is 0 Å². The van der Waals surface area contributed by atoms with Crippen LogP contribution < -0.4 is 5.73 Å². The maximum Gasteiger partial charge on any atom is 0.0611 e. The van der Waals surface area contributed by atoms with E-state index in [1.165, 1.54) is 25.8 Å². The van der Waals surface area contributed by atoms with Crippen molar-refractivity contribution in [2.45, 2.75) is 70.6 Å². The molecular weight excluding hydrogens is 224 g/mol. The van der Waals surface area contributed by atoms with Gasteiger partial charge in [0.25, 0.3) is 0 Å². The highest BCUT2D eigenvalue weighted by Crippen LogP contribution is 2.44. The Kier molecular flexibility index (Phi) is 4.68. The lowest BCUT2D eigenvalue weighted by molar-refractivity contribution is -0.104. The van der Waals surface area contributed by atoms with Crippen molar-refractivity contribution in [3.8, 4) is 0 Å². The lowest BCUT2D eigenvalue weighted by atomic mass is 9.72. The molecule has 0 aliphatic heterocycles. The van der Waals surface area contributed by atoms with Gasteiger partial charge in [-0.3, -0.25) is 4.90 Å². The van der Waals surface area contributed by atoms with Crippen LogP contribution in [0.5, 0.6) is 0 Å². The van der Waals surface area contributed by atoms with Gasteiger partial charge >= 0.3 is 0 Å². The largest absolute Gasteiger partial charge is 0.378 e. The smallest absolute Gasteiger partial charge is 0.0611 e. The van der Waals surface area contributed by atoms with E-state index in [-0.39, 0.29) is 5.54 Å². The summed E-state index contributed by atoms with van der Waals surface area (Å²) >= 11 is 0. The summed E-state index contributed by atoms with van der Waals surface area (Å²) < 4.78 is 5.73. The first-order valence-electron chi connectivity index (χ1n) is 7.69. The third-order valence-corrected chi connectivity index (χ3v) is 4.54. The van der Waals surface area contributed by atoms with Gasteiger partial charge in [0.2, 0.25) is 0 Å². The molecule has 2 aliphatic rings. The maximum atomic E-state index is 6.10. The average Bonchev–Trinajstić information content (AvgIpc) is 3.09. The number of hydrogen-bond acceptors (Lipinski definition) is 3. The van der Waals surface area contributed by atoms with E-state index in [0.29, 0.717) is 6.10 Å². The Balaban J connectivity index is 1.91. The molecule has 0 heterocycles. The fraction of sp³-hybridized carbons (Fsp3) is 1.00. The van der Waals surface area contributed by atoms with Crippen LogP contribution in [0.3, 0.4) is 0 Å². The third kappa shape index (κ3) is 3.06. The van der Waals surface area contributed by atoms with Crippen LogP contribution in [0.1, 0.15) is 52.9 Å². The minimum Gasteiger partial charge on any atom is -0.378 e. The first-order valence-corrected chi connectivity index (χ1v) is 7.69. The SMILES string of the molecule is CCOC1CC(CN)(N(CCC(C)C)C2CC2)C1. The molecule has 106 valence electrons. The summed E-state index contributed by atoms with van der Waals surface area (Å²) in [6.45, 7) is 9.55. The summed E-state index contributed by atoms with van der Waals surface area (Å²) in [5.41, 5.74) is 6.36. The van der Waals surface area contributed by atoms with Gasteiger partial charge in [-0.2, -0.15) is 0 Å². The van der Waals surface area contributed by atoms with Crippen LogP contribution in [0.2, 0.25) is 0 Å². The Bertz CT molecular complexity index is 257. The van der Waals surface area contributed by atoms with Gasteiger partial charge in [0.05, 0.1) is 6.10 Å². The maximum absolute atomic E-state index is 6.10. The molecule has 0 amide bonds. The lowest BCUT2D eigenvalue weighted by Crippen LogP contribution is -2.64. The van der Waals surface area contributed by atoms with Crippen molar-refractivity contribution in [2.24, 2.45) is 11.7 Å². The van der Waals surface area contributed by atoms with Crippen molar-refractivity contribution in [3.63, 3.8) is 0 Å². The van der Waals surface area contributed by atoms with Crippen molar-refractivity contribution in [2.75, 3.05) is 19.7 Å². The predicted molar refractivity (Wildman–Crippen MR) is 75.6 cm³/mol. The van der Waals surface area contributed by atoms with E-state index in [4.69, 9.17) is 10.5 Å². The summed E-state index contributed by atoms with van der Waals surface area (Å²) in [6, 6.07) is 0.815. The van der Waals surface area contributed by atoms with Gasteiger partial charge in [-0.15, -0.1) is 0 Å². The molecule has 2 N–H and O–H groups in total. The topological polar surface area (TPSA) is 38.5 Å². The molecule has 0 atom stereocenters. The van der Waals surface area contributed by atoms with Crippen LogP contribution in [0, 0.1) is 5.92 Å². The first kappa shape index (κ1) is 14.3. The molecule has 0 spiro atoms. The van der Waals surface area contributed by atoms with Crippen molar-refractivity contribution < 1.29 is 4.74 Å². The Morgan fingerprint density at radius 2 is 2.00 bits per heavy atom. The first-order chi connectivity index (χ1) is 8.61. The Labute approximate surface area is 112 Å². The number of rotatable bonds is 8. The van der Waals surface area contributed by atoms with Crippen molar-refractivity contribution in [1.29, 1.82) is 0 Å². The van der Waals surface area contributed by atoms with Crippen LogP contribution >= 0.6 is 0 Å². The second-order valence-electron chi connectivity index (χ2n) is 6.52. The zero-order valence-corrected chi connectivity index (χ0v) is 12.3. The minimum atomic E-state index is 0.260. The van der Waals surface area contributed by atoms with Gasteiger partial charge in [-0.05, 0) is 51.5 Å². The van der Waals surface area contributed by atoms with Gasteiger partial charge in [0.1, 0.15) is 0 Å². The van der Waals surface area contributed by atoms with E-state index in [2.05, 4.69) is 25.7 Å². The summed E-state index contributed by atoms with van der Waals surface area (Å²) in [5, 5.41) is 0. The lowest BCUT2D eigenvalue weighted by Gasteiger charge is -2.54. The molecule has 0 unspecified atom stereocenters. The van der Waals surface area contributed by atoms with Gasteiger partial charge in [-0.1, -0.05) is 13.8 Å². The molecule has 3 nitrogen and oxygen atoms in total. The highest BCUT2D eigenvalue weighted by atomic mass is 16.5. The van der Waals surface area contributed by atoms with Crippen LogP contribution in [0.15, 0.2) is 0 Å². The van der Waals surface area contributed by atoms with E-state index in [1.54, 1.807) is 0 Å². The zero-order valence-electron chi connectivity index (χ0n) is 12.3. The normalized spacial score (nSPS) is 32.0. The molecule has 2 rings (SSSR count). The fourth-order valence-corrected chi connectivity index (χ4v) is 3.25. The van der Waals surface area contributed by atoms with E-state index in [1.807, 2.05) is 0 Å². The minimum absolute atomic E-state index is 0.260. The van der Waals surface area contributed by atoms with Crippen LogP contribution in [0.25, 0.3) is 0 Å². The second-order valence-corrected chi connectivity index (χ2v) is 6.52. The molecule has 0 aromatic heterocycles. The molecule has 0 radical (unpaired) electrons. The molecule has 2 saturated carbocycles. The Hall–Kier alpha value is -0.120. The average molecular weight is 254 g/mol. The standard InChI is InChI=1S/C15H30N2O/c1-4-18-14-9-15(10-14,11-16)17(13-5-6-13)8-7-12(2)3/h12-14H,4-11,16H2,1-3H3. The molecule has 0 aromatic carbocycles. The third-order valence-electron chi connectivity index (χ3n) is 4.54. The number of nitrogens with two attached hydrogens (primary N) is 1. The molecule has 2 aliphatic carbocycles. The molecule has 0 aromatic rings. The Morgan fingerprint density at radius 1 is 1.33 bits per heavy atom.